The minimum Gasteiger partial charge on any atom is -0.299 e. The van der Waals surface area contributed by atoms with Crippen LogP contribution in [0.2, 0.25) is 0 Å². The number of nitrogens with zero attached hydrogens (tertiary/aromatic N) is 3. The number of hydrogen-bond donors (Lipinski definition) is 0. The van der Waals surface area contributed by atoms with Crippen LogP contribution in [0.15, 0.2) is 15.7 Å². The van der Waals surface area contributed by atoms with Gasteiger partial charge < -0.3 is 0 Å². The van der Waals surface area contributed by atoms with Crippen molar-refractivity contribution in [2.24, 2.45) is 25.9 Å². The van der Waals surface area contributed by atoms with Gasteiger partial charge in [-0.1, -0.05) is 19.8 Å². The van der Waals surface area contributed by atoms with Crippen molar-refractivity contribution in [1.82, 2.24) is 14.0 Å². The molecule has 22 heavy (non-hydrogen) atoms. The predicted octanol–water partition coefficient (Wildman–Crippen LogP) is 1.48. The Balaban J connectivity index is 1.87. The second-order valence-corrected chi connectivity index (χ2v) is 7.13. The third-order valence-electron chi connectivity index (χ3n) is 5.84. The van der Waals surface area contributed by atoms with Gasteiger partial charge in [-0.25, -0.2) is 4.79 Å². The summed E-state index contributed by atoms with van der Waals surface area (Å²) in [6.07, 6.45) is 6.47. The van der Waals surface area contributed by atoms with Crippen molar-refractivity contribution >= 4 is 0 Å². The first-order valence-corrected chi connectivity index (χ1v) is 8.49. The summed E-state index contributed by atoms with van der Waals surface area (Å²) in [5.41, 5.74) is 0.406. The molecule has 1 aromatic heterocycles. The zero-order chi connectivity index (χ0) is 15.9. The number of piperidine rings is 1. The lowest BCUT2D eigenvalue weighted by Crippen LogP contribution is -2.50. The Labute approximate surface area is 131 Å². The summed E-state index contributed by atoms with van der Waals surface area (Å²) in [6, 6.07) is 2.24. The predicted molar refractivity (Wildman–Crippen MR) is 86.9 cm³/mol. The lowest BCUT2D eigenvalue weighted by atomic mass is 9.72. The Bertz CT molecular complexity index is 661. The van der Waals surface area contributed by atoms with E-state index in [-0.39, 0.29) is 11.2 Å². The Morgan fingerprint density at radius 1 is 1.09 bits per heavy atom. The number of fused-ring (bicyclic) bond motifs is 1. The summed E-state index contributed by atoms with van der Waals surface area (Å²) in [7, 11) is 3.30. The van der Waals surface area contributed by atoms with Crippen LogP contribution in [0.1, 0.15) is 44.7 Å². The highest BCUT2D eigenvalue weighted by Gasteiger charge is 2.37. The average Bonchev–Trinajstić information content (AvgIpc) is 2.53. The molecule has 0 spiro atoms. The molecule has 2 fully saturated rings. The molecule has 3 atom stereocenters. The number of hydrogen-bond acceptors (Lipinski definition) is 3. The van der Waals surface area contributed by atoms with Gasteiger partial charge in [0.15, 0.2) is 0 Å². The van der Waals surface area contributed by atoms with E-state index in [1.165, 1.54) is 43.7 Å². The van der Waals surface area contributed by atoms with Crippen molar-refractivity contribution in [3.63, 3.8) is 0 Å². The fourth-order valence-electron chi connectivity index (χ4n) is 4.34. The highest BCUT2D eigenvalue weighted by atomic mass is 16.2. The van der Waals surface area contributed by atoms with E-state index < -0.39 is 0 Å². The third kappa shape index (κ3) is 2.67. The van der Waals surface area contributed by atoms with Gasteiger partial charge in [0, 0.05) is 38.4 Å². The van der Waals surface area contributed by atoms with Gasteiger partial charge >= 0.3 is 5.69 Å². The van der Waals surface area contributed by atoms with E-state index in [1.807, 2.05) is 0 Å². The van der Waals surface area contributed by atoms with Crippen molar-refractivity contribution in [2.75, 3.05) is 6.54 Å². The van der Waals surface area contributed by atoms with Gasteiger partial charge in [0.25, 0.3) is 5.56 Å². The van der Waals surface area contributed by atoms with E-state index in [2.05, 4.69) is 11.8 Å². The maximum atomic E-state index is 12.1. The molecule has 3 rings (SSSR count). The molecule has 5 heteroatoms. The number of aromatic nitrogens is 2. The maximum Gasteiger partial charge on any atom is 0.330 e. The molecule has 2 heterocycles. The zero-order valence-electron chi connectivity index (χ0n) is 13.9. The molecule has 1 aromatic rings. The molecule has 0 aromatic carbocycles. The van der Waals surface area contributed by atoms with Crippen LogP contribution in [0.5, 0.6) is 0 Å². The molecule has 1 aliphatic carbocycles. The monoisotopic (exact) mass is 305 g/mol. The Kier molecular flexibility index (Phi) is 4.26. The van der Waals surface area contributed by atoms with Crippen molar-refractivity contribution < 1.29 is 0 Å². The van der Waals surface area contributed by atoms with Crippen LogP contribution in [-0.2, 0) is 20.6 Å². The quantitative estimate of drug-likeness (QED) is 0.831. The van der Waals surface area contributed by atoms with Gasteiger partial charge in [-0.15, -0.1) is 0 Å². The molecule has 2 aliphatic rings. The SMILES string of the molecule is C[C@@H]1CCN(Cc2cc(=O)n(C)c(=O)n2C)[C@H]2CCCC[C@@H]12. The minimum atomic E-state index is -0.229. The van der Waals surface area contributed by atoms with Crippen LogP contribution < -0.4 is 11.2 Å². The second kappa shape index (κ2) is 6.03. The van der Waals surface area contributed by atoms with Gasteiger partial charge in [-0.05, 0) is 37.6 Å². The molecule has 122 valence electrons. The van der Waals surface area contributed by atoms with Crippen molar-refractivity contribution in [3.05, 3.63) is 32.6 Å². The Hall–Kier alpha value is -1.36. The largest absolute Gasteiger partial charge is 0.330 e. The van der Waals surface area contributed by atoms with Gasteiger partial charge in [0.05, 0.1) is 0 Å². The Morgan fingerprint density at radius 3 is 2.59 bits per heavy atom. The van der Waals surface area contributed by atoms with Crippen LogP contribution in [-0.4, -0.2) is 26.6 Å². The van der Waals surface area contributed by atoms with E-state index in [4.69, 9.17) is 0 Å². The molecule has 1 saturated carbocycles. The topological polar surface area (TPSA) is 47.2 Å². The second-order valence-electron chi connectivity index (χ2n) is 7.13. The van der Waals surface area contributed by atoms with Gasteiger partial charge in [-0.2, -0.15) is 0 Å². The minimum absolute atomic E-state index is 0.205. The normalized spacial score (nSPS) is 29.3. The van der Waals surface area contributed by atoms with E-state index in [0.717, 1.165) is 30.6 Å². The molecule has 0 N–H and O–H groups in total. The van der Waals surface area contributed by atoms with E-state index in [1.54, 1.807) is 17.7 Å². The molecule has 5 nitrogen and oxygen atoms in total. The summed E-state index contributed by atoms with van der Waals surface area (Å²) in [5.74, 6) is 1.58. The van der Waals surface area contributed by atoms with Crippen LogP contribution in [0.3, 0.4) is 0 Å². The van der Waals surface area contributed by atoms with E-state index in [0.29, 0.717) is 6.04 Å². The summed E-state index contributed by atoms with van der Waals surface area (Å²) in [4.78, 5) is 26.5. The van der Waals surface area contributed by atoms with E-state index >= 15 is 0 Å². The zero-order valence-corrected chi connectivity index (χ0v) is 13.9. The smallest absolute Gasteiger partial charge is 0.299 e. The highest BCUT2D eigenvalue weighted by Crippen LogP contribution is 2.39. The molecular formula is C17H27N3O2. The number of likely N-dealkylation sites (tertiary alicyclic amines) is 1. The molecule has 0 radical (unpaired) electrons. The summed E-state index contributed by atoms with van der Waals surface area (Å²) in [5, 5.41) is 0. The Morgan fingerprint density at radius 2 is 1.82 bits per heavy atom. The lowest BCUT2D eigenvalue weighted by Gasteiger charge is -2.47. The van der Waals surface area contributed by atoms with Gasteiger partial charge in [0.1, 0.15) is 0 Å². The highest BCUT2D eigenvalue weighted by molar-refractivity contribution is 5.04. The molecule has 0 unspecified atom stereocenters. The molecule has 1 aliphatic heterocycles. The molecule has 1 saturated heterocycles. The van der Waals surface area contributed by atoms with Gasteiger partial charge in [-0.3, -0.25) is 18.8 Å². The fraction of sp³-hybridized carbons (Fsp3) is 0.765. The first-order chi connectivity index (χ1) is 10.5. The van der Waals surface area contributed by atoms with Crippen molar-refractivity contribution in [2.45, 2.75) is 51.6 Å². The summed E-state index contributed by atoms with van der Waals surface area (Å²) in [6.45, 7) is 4.18. The van der Waals surface area contributed by atoms with Crippen LogP contribution in [0, 0.1) is 11.8 Å². The molecule has 0 bridgehead atoms. The van der Waals surface area contributed by atoms with Gasteiger partial charge in [0.2, 0.25) is 0 Å². The maximum absolute atomic E-state index is 12.1. The van der Waals surface area contributed by atoms with Crippen molar-refractivity contribution in [3.8, 4) is 0 Å². The van der Waals surface area contributed by atoms with Crippen LogP contribution in [0.4, 0.5) is 0 Å². The molecular weight excluding hydrogens is 278 g/mol. The lowest BCUT2D eigenvalue weighted by molar-refractivity contribution is 0.0188. The standard InChI is InChI=1S/C17H27N3O2/c1-12-8-9-20(15-7-5-4-6-14(12)15)11-13-10-16(21)19(3)17(22)18(13)2/h10,12,14-15H,4-9,11H2,1-3H3/t12-,14+,15+/m1/s1. The fourth-order valence-corrected chi connectivity index (χ4v) is 4.34. The van der Waals surface area contributed by atoms with Crippen LogP contribution >= 0.6 is 0 Å². The average molecular weight is 305 g/mol. The van der Waals surface area contributed by atoms with E-state index in [9.17, 15) is 9.59 Å². The number of rotatable bonds is 2. The first-order valence-electron chi connectivity index (χ1n) is 8.49. The molecule has 0 amide bonds. The third-order valence-corrected chi connectivity index (χ3v) is 5.84. The van der Waals surface area contributed by atoms with Crippen LogP contribution in [0.25, 0.3) is 0 Å². The van der Waals surface area contributed by atoms with Crippen molar-refractivity contribution in [1.29, 1.82) is 0 Å². The summed E-state index contributed by atoms with van der Waals surface area (Å²) >= 11 is 0. The summed E-state index contributed by atoms with van der Waals surface area (Å²) < 4.78 is 2.79. The first kappa shape index (κ1) is 15.5.